The molecule has 0 spiro atoms. The van der Waals surface area contributed by atoms with E-state index < -0.39 is 21.5 Å². The third-order valence-corrected chi connectivity index (χ3v) is 10.6. The van der Waals surface area contributed by atoms with Crippen molar-refractivity contribution in [1.29, 1.82) is 0 Å². The van der Waals surface area contributed by atoms with Crippen LogP contribution in [-0.4, -0.2) is 89.4 Å². The first-order valence-electron chi connectivity index (χ1n) is 17.2. The Kier molecular flexibility index (Phi) is 10.6. The van der Waals surface area contributed by atoms with Crippen LogP contribution in [0.2, 0.25) is 0 Å². The van der Waals surface area contributed by atoms with Gasteiger partial charge >= 0.3 is 6.09 Å². The fourth-order valence-electron chi connectivity index (χ4n) is 6.29. The second-order valence-electron chi connectivity index (χ2n) is 14.0. The van der Waals surface area contributed by atoms with Gasteiger partial charge in [0.15, 0.2) is 9.84 Å². The normalized spacial score (nSPS) is 17.5. The number of rotatable bonds is 9. The first kappa shape index (κ1) is 35.8. The van der Waals surface area contributed by atoms with Crippen molar-refractivity contribution in [1.82, 2.24) is 25.1 Å². The molecule has 12 nitrogen and oxygen atoms in total. The number of carbonyl (C=O) groups excluding carboxylic acids is 3. The molecule has 3 N–H and O–H groups in total. The maximum atomic E-state index is 13.0. The number of amides is 3. The molecule has 2 fully saturated rings. The van der Waals surface area contributed by atoms with Crippen molar-refractivity contribution < 1.29 is 27.5 Å². The van der Waals surface area contributed by atoms with Gasteiger partial charge in [-0.25, -0.2) is 18.2 Å². The summed E-state index contributed by atoms with van der Waals surface area (Å²) in [4.78, 5) is 49.8. The molecule has 0 aliphatic carbocycles. The fourth-order valence-corrected chi connectivity index (χ4v) is 7.56. The summed E-state index contributed by atoms with van der Waals surface area (Å²) in [7, 11) is -2.91. The second-order valence-corrected chi connectivity index (χ2v) is 16.3. The lowest BCUT2D eigenvalue weighted by Crippen LogP contribution is -2.41. The Morgan fingerprint density at radius 3 is 2.16 bits per heavy atom. The zero-order valence-electron chi connectivity index (χ0n) is 29.1. The molecule has 3 heterocycles. The molecule has 0 saturated carbocycles. The van der Waals surface area contributed by atoms with E-state index in [4.69, 9.17) is 4.74 Å². The van der Waals surface area contributed by atoms with Crippen LogP contribution < -0.4 is 10.6 Å². The molecular formula is C38H44N6O6S. The number of ether oxygens (including phenoxy) is 1. The molecule has 0 bridgehead atoms. The number of nitrogens with one attached hydrogen (secondary N) is 3. The van der Waals surface area contributed by atoms with Crippen molar-refractivity contribution in [3.8, 4) is 22.4 Å². The highest BCUT2D eigenvalue weighted by molar-refractivity contribution is 7.91. The molecule has 0 radical (unpaired) electrons. The fraction of sp³-hybridized carbons (Fsp3) is 0.368. The van der Waals surface area contributed by atoms with E-state index in [-0.39, 0.29) is 35.9 Å². The third-order valence-electron chi connectivity index (χ3n) is 9.00. The van der Waals surface area contributed by atoms with Crippen LogP contribution in [0.25, 0.3) is 22.4 Å². The van der Waals surface area contributed by atoms with E-state index in [1.54, 1.807) is 44.0 Å². The summed E-state index contributed by atoms with van der Waals surface area (Å²) < 4.78 is 28.6. The van der Waals surface area contributed by atoms with Crippen molar-refractivity contribution >= 4 is 33.4 Å². The van der Waals surface area contributed by atoms with Crippen LogP contribution in [0.3, 0.4) is 0 Å². The van der Waals surface area contributed by atoms with Gasteiger partial charge in [-0.15, -0.1) is 0 Å². The predicted octanol–water partition coefficient (Wildman–Crippen LogP) is 5.41. The summed E-state index contributed by atoms with van der Waals surface area (Å²) in [5.41, 5.74) is 5.41. The molecule has 268 valence electrons. The summed E-state index contributed by atoms with van der Waals surface area (Å²) >= 11 is 0. The Morgan fingerprint density at radius 1 is 0.882 bits per heavy atom. The van der Waals surface area contributed by atoms with Gasteiger partial charge in [0.05, 0.1) is 29.4 Å². The maximum absolute atomic E-state index is 13.0. The van der Waals surface area contributed by atoms with Gasteiger partial charge in [-0.1, -0.05) is 48.5 Å². The molecule has 0 unspecified atom stereocenters. The molecule has 4 aromatic rings. The topological polar surface area (TPSA) is 154 Å². The number of benzene rings is 3. The Labute approximate surface area is 298 Å². The zero-order chi connectivity index (χ0) is 36.2. The van der Waals surface area contributed by atoms with Crippen LogP contribution in [0.15, 0.2) is 79.0 Å². The quantitative estimate of drug-likeness (QED) is 0.208. The lowest BCUT2D eigenvalue weighted by atomic mass is 10.0. The van der Waals surface area contributed by atoms with Crippen molar-refractivity contribution in [2.24, 2.45) is 0 Å². The molecular weight excluding hydrogens is 669 g/mol. The molecule has 51 heavy (non-hydrogen) atoms. The van der Waals surface area contributed by atoms with Gasteiger partial charge in [-0.2, -0.15) is 0 Å². The average molecular weight is 713 g/mol. The Hall–Kier alpha value is -5.01. The van der Waals surface area contributed by atoms with Crippen LogP contribution in [-0.2, 0) is 25.9 Å². The van der Waals surface area contributed by atoms with E-state index >= 15 is 0 Å². The largest absolute Gasteiger partial charge is 0.444 e. The number of hydrogen-bond acceptors (Lipinski definition) is 8. The number of anilines is 1. The molecule has 2 aliphatic rings. The minimum absolute atomic E-state index is 0.140. The highest BCUT2D eigenvalue weighted by Gasteiger charge is 2.32. The van der Waals surface area contributed by atoms with Gasteiger partial charge in [0, 0.05) is 37.4 Å². The third kappa shape index (κ3) is 9.41. The number of sulfone groups is 1. The first-order chi connectivity index (χ1) is 24.3. The van der Waals surface area contributed by atoms with Crippen LogP contribution in [0.4, 0.5) is 10.5 Å². The van der Waals surface area contributed by atoms with Gasteiger partial charge in [-0.3, -0.25) is 14.5 Å². The van der Waals surface area contributed by atoms with Crippen LogP contribution >= 0.6 is 0 Å². The van der Waals surface area contributed by atoms with Gasteiger partial charge in [-0.05, 0) is 80.1 Å². The lowest BCUT2D eigenvalue weighted by molar-refractivity contribution is -0.131. The monoisotopic (exact) mass is 712 g/mol. The molecule has 3 aromatic carbocycles. The first-order valence-corrected chi connectivity index (χ1v) is 19.0. The lowest BCUT2D eigenvalue weighted by Gasteiger charge is -2.26. The number of imidazole rings is 1. The average Bonchev–Trinajstić information content (AvgIpc) is 3.79. The molecule has 6 rings (SSSR count). The number of carbonyl (C=O) groups is 3. The molecule has 2 saturated heterocycles. The number of nitrogens with zero attached hydrogens (tertiary/aromatic N) is 3. The van der Waals surface area contributed by atoms with E-state index in [1.807, 2.05) is 60.7 Å². The second kappa shape index (κ2) is 15.1. The molecule has 2 aliphatic heterocycles. The predicted molar refractivity (Wildman–Crippen MR) is 196 cm³/mol. The molecule has 13 heteroatoms. The number of hydrogen-bond donors (Lipinski definition) is 3. The van der Waals surface area contributed by atoms with Gasteiger partial charge in [0.25, 0.3) is 5.91 Å². The van der Waals surface area contributed by atoms with Crippen molar-refractivity contribution in [2.75, 3.05) is 43.0 Å². The molecule has 1 atom stereocenters. The van der Waals surface area contributed by atoms with Gasteiger partial charge in [0.2, 0.25) is 5.91 Å². The summed E-state index contributed by atoms with van der Waals surface area (Å²) in [5.74, 6) is 0.711. The number of likely N-dealkylation sites (tertiary alicyclic amines) is 1. The highest BCUT2D eigenvalue weighted by atomic mass is 32.2. The highest BCUT2D eigenvalue weighted by Crippen LogP contribution is 2.32. The van der Waals surface area contributed by atoms with Crippen LogP contribution in [0.1, 0.15) is 61.4 Å². The maximum Gasteiger partial charge on any atom is 0.408 e. The number of alkyl carbamates (subject to hydrolysis) is 1. The SMILES string of the molecule is CC(C)(C)OC(=O)NCC(=O)N1CCC[C@H]1c1ncc(-c2ccc(-c3ccc(C(=O)Nc4ccc(CN5CCS(=O)(=O)CC5)cc4)cc3)cc2)[nH]1. The van der Waals surface area contributed by atoms with E-state index in [0.29, 0.717) is 43.3 Å². The Morgan fingerprint density at radius 2 is 1.51 bits per heavy atom. The summed E-state index contributed by atoms with van der Waals surface area (Å²) in [5, 5.41) is 5.50. The minimum Gasteiger partial charge on any atom is -0.444 e. The van der Waals surface area contributed by atoms with Gasteiger partial charge in [0.1, 0.15) is 18.0 Å². The van der Waals surface area contributed by atoms with E-state index in [0.717, 1.165) is 40.8 Å². The number of aromatic nitrogens is 2. The summed E-state index contributed by atoms with van der Waals surface area (Å²) in [6.45, 7) is 7.52. The summed E-state index contributed by atoms with van der Waals surface area (Å²) in [6, 6.07) is 22.9. The number of aromatic amines is 1. The van der Waals surface area contributed by atoms with Gasteiger partial charge < -0.3 is 25.3 Å². The van der Waals surface area contributed by atoms with Crippen molar-refractivity contribution in [3.05, 3.63) is 95.9 Å². The smallest absolute Gasteiger partial charge is 0.408 e. The van der Waals surface area contributed by atoms with Crippen molar-refractivity contribution in [3.63, 3.8) is 0 Å². The van der Waals surface area contributed by atoms with E-state index in [2.05, 4.69) is 25.5 Å². The molecule has 3 amide bonds. The Bertz CT molecular complexity index is 1950. The Balaban J connectivity index is 1.01. The van der Waals surface area contributed by atoms with Crippen LogP contribution in [0, 0.1) is 0 Å². The van der Waals surface area contributed by atoms with E-state index in [9.17, 15) is 22.8 Å². The van der Waals surface area contributed by atoms with Crippen molar-refractivity contribution in [2.45, 2.75) is 51.8 Å². The van der Waals surface area contributed by atoms with E-state index in [1.165, 1.54) is 0 Å². The summed E-state index contributed by atoms with van der Waals surface area (Å²) in [6.07, 6.45) is 2.77. The molecule has 1 aromatic heterocycles. The number of H-pyrrole nitrogens is 1. The van der Waals surface area contributed by atoms with Crippen LogP contribution in [0.5, 0.6) is 0 Å². The standard InChI is InChI=1S/C38H44N6O6S/c1-38(2,3)50-37(47)40-24-34(45)44-18-4-5-33(44)35-39-23-32(42-35)29-12-8-27(9-13-29)28-10-14-30(15-11-28)36(46)41-31-16-6-26(7-17-31)25-43-19-21-51(48,49)22-20-43/h6-17,23,33H,4-5,18-22,24-25H2,1-3H3,(H,39,42)(H,40,47)(H,41,46)/t33-/m0/s1. The zero-order valence-corrected chi connectivity index (χ0v) is 30.0. The minimum atomic E-state index is -2.91.